The lowest BCUT2D eigenvalue weighted by molar-refractivity contribution is -0.143. The minimum atomic E-state index is -5.06. The molecule has 2 aromatic carbocycles. The maximum atomic E-state index is 13.9. The second-order valence-corrected chi connectivity index (χ2v) is 10.4. The number of hydrogen-bond donors (Lipinski definition) is 2. The van der Waals surface area contributed by atoms with Gasteiger partial charge in [0, 0.05) is 44.6 Å². The van der Waals surface area contributed by atoms with Crippen molar-refractivity contribution in [3.05, 3.63) is 103 Å². The molecule has 1 fully saturated rings. The predicted octanol–water partition coefficient (Wildman–Crippen LogP) is 4.45. The van der Waals surface area contributed by atoms with Crippen LogP contribution in [0.4, 0.5) is 30.7 Å². The fraction of sp³-hybridized carbons (Fsp3) is 0.357. The summed E-state index contributed by atoms with van der Waals surface area (Å²) in [4.78, 5) is 56.7. The molecule has 8 nitrogen and oxygen atoms in total. The van der Waals surface area contributed by atoms with Crippen molar-refractivity contribution in [2.24, 2.45) is 5.92 Å². The molecule has 1 aliphatic heterocycles. The van der Waals surface area contributed by atoms with Gasteiger partial charge in [-0.05, 0) is 60.4 Å². The number of alkyl halides is 6. The largest absolute Gasteiger partial charge is 0.416 e. The fourth-order valence-corrected chi connectivity index (χ4v) is 5.30. The second-order valence-electron chi connectivity index (χ2n) is 10.4. The van der Waals surface area contributed by atoms with Crippen molar-refractivity contribution in [1.82, 2.24) is 19.8 Å². The highest BCUT2D eigenvalue weighted by molar-refractivity contribution is 5.92. The molecule has 0 unspecified atom stereocenters. The third-order valence-electron chi connectivity index (χ3n) is 7.28. The predicted molar refractivity (Wildman–Crippen MR) is 138 cm³/mol. The first kappa shape index (κ1) is 31.5. The van der Waals surface area contributed by atoms with Gasteiger partial charge in [0.15, 0.2) is 0 Å². The summed E-state index contributed by atoms with van der Waals surface area (Å²) in [5.41, 5.74) is -4.50. The van der Waals surface area contributed by atoms with Crippen LogP contribution in [0.1, 0.15) is 50.6 Å². The summed E-state index contributed by atoms with van der Waals surface area (Å²) in [5, 5.41) is 0. The minimum Gasteiger partial charge on any atom is -0.341 e. The number of hydrogen-bond acceptors (Lipinski definition) is 4. The summed E-state index contributed by atoms with van der Waals surface area (Å²) < 4.78 is 94.0. The van der Waals surface area contributed by atoms with Crippen LogP contribution in [-0.2, 0) is 23.7 Å². The van der Waals surface area contributed by atoms with Crippen molar-refractivity contribution in [3.63, 3.8) is 0 Å². The topological polar surface area (TPSA) is 106 Å². The standard InChI is InChI=1S/C28H25F7N4O4/c1-14-7-18(29)3-4-19(14)21-13-39(25(42)22-11-23(40)37-26(43)36-22)6-5-20(21)24(41)38(2)12-15-8-16(27(30,31)32)10-17(9-15)28(33,34)35/h3-4,7-11,20-21H,5-6,12-13H2,1-2H3,(H2,36,37,40,43)/t20-,21+/m1/s1. The Morgan fingerprint density at radius 3 is 2.14 bits per heavy atom. The van der Waals surface area contributed by atoms with E-state index in [2.05, 4.69) is 4.98 Å². The Morgan fingerprint density at radius 1 is 0.953 bits per heavy atom. The Bertz CT molecular complexity index is 1600. The molecule has 4 rings (SSSR count). The quantitative estimate of drug-likeness (QED) is 0.415. The average Bonchev–Trinajstić information content (AvgIpc) is 2.90. The van der Waals surface area contributed by atoms with Crippen molar-refractivity contribution in [2.75, 3.05) is 20.1 Å². The number of aryl methyl sites for hydroxylation is 1. The number of benzene rings is 2. The van der Waals surface area contributed by atoms with Crippen LogP contribution in [0.15, 0.2) is 52.1 Å². The molecule has 0 radical (unpaired) electrons. The molecule has 15 heteroatoms. The lowest BCUT2D eigenvalue weighted by Gasteiger charge is -2.40. The number of likely N-dealkylation sites (tertiary alicyclic amines) is 1. The molecule has 1 aliphatic rings. The molecule has 3 aromatic rings. The minimum absolute atomic E-state index is 0.000790. The van der Waals surface area contributed by atoms with E-state index in [0.717, 1.165) is 17.0 Å². The van der Waals surface area contributed by atoms with Gasteiger partial charge < -0.3 is 14.8 Å². The van der Waals surface area contributed by atoms with E-state index in [1.807, 2.05) is 4.98 Å². The number of aromatic amines is 2. The van der Waals surface area contributed by atoms with E-state index in [-0.39, 0.29) is 31.3 Å². The number of nitrogens with zero attached hydrogens (tertiary/aromatic N) is 2. The molecule has 0 spiro atoms. The zero-order valence-corrected chi connectivity index (χ0v) is 22.7. The van der Waals surface area contributed by atoms with Gasteiger partial charge in [0.05, 0.1) is 11.1 Å². The first-order chi connectivity index (χ1) is 19.9. The fourth-order valence-electron chi connectivity index (χ4n) is 5.30. The van der Waals surface area contributed by atoms with Crippen molar-refractivity contribution in [3.8, 4) is 0 Å². The highest BCUT2D eigenvalue weighted by Gasteiger charge is 2.40. The smallest absolute Gasteiger partial charge is 0.341 e. The summed E-state index contributed by atoms with van der Waals surface area (Å²) in [5.74, 6) is -3.55. The van der Waals surface area contributed by atoms with Gasteiger partial charge in [0.2, 0.25) is 5.91 Å². The summed E-state index contributed by atoms with van der Waals surface area (Å²) in [6, 6.07) is 5.80. The van der Waals surface area contributed by atoms with Crippen LogP contribution < -0.4 is 11.2 Å². The Hall–Kier alpha value is -4.43. The van der Waals surface area contributed by atoms with Gasteiger partial charge in [-0.15, -0.1) is 0 Å². The molecule has 230 valence electrons. The van der Waals surface area contributed by atoms with Crippen LogP contribution in [0, 0.1) is 18.7 Å². The van der Waals surface area contributed by atoms with Crippen molar-refractivity contribution in [1.29, 1.82) is 0 Å². The van der Waals surface area contributed by atoms with E-state index in [4.69, 9.17) is 0 Å². The molecular weight excluding hydrogens is 589 g/mol. The third-order valence-corrected chi connectivity index (χ3v) is 7.28. The van der Waals surface area contributed by atoms with Crippen LogP contribution >= 0.6 is 0 Å². The van der Waals surface area contributed by atoms with Gasteiger partial charge >= 0.3 is 18.0 Å². The number of aromatic nitrogens is 2. The van der Waals surface area contributed by atoms with E-state index in [1.54, 1.807) is 6.92 Å². The highest BCUT2D eigenvalue weighted by Crippen LogP contribution is 2.38. The van der Waals surface area contributed by atoms with Crippen molar-refractivity contribution < 1.29 is 40.3 Å². The first-order valence-electron chi connectivity index (χ1n) is 12.9. The number of H-pyrrole nitrogens is 2. The zero-order chi connectivity index (χ0) is 31.9. The van der Waals surface area contributed by atoms with Crippen LogP contribution in [0.3, 0.4) is 0 Å². The number of carbonyl (C=O) groups excluding carboxylic acids is 2. The number of carbonyl (C=O) groups is 2. The van der Waals surface area contributed by atoms with E-state index in [1.165, 1.54) is 24.1 Å². The molecule has 1 aromatic heterocycles. The number of rotatable bonds is 5. The number of amides is 2. The lowest BCUT2D eigenvalue weighted by Crippen LogP contribution is -2.48. The Balaban J connectivity index is 1.65. The Kier molecular flexibility index (Phi) is 8.56. The maximum absolute atomic E-state index is 13.9. The van der Waals surface area contributed by atoms with Crippen LogP contribution in [0.2, 0.25) is 0 Å². The van der Waals surface area contributed by atoms with Gasteiger partial charge in [0.25, 0.3) is 11.5 Å². The molecule has 2 heterocycles. The molecule has 43 heavy (non-hydrogen) atoms. The van der Waals surface area contributed by atoms with E-state index >= 15 is 0 Å². The van der Waals surface area contributed by atoms with E-state index in [0.29, 0.717) is 23.3 Å². The molecule has 1 saturated heterocycles. The molecule has 0 aliphatic carbocycles. The normalized spacial score (nSPS) is 17.6. The maximum Gasteiger partial charge on any atom is 0.416 e. The summed E-state index contributed by atoms with van der Waals surface area (Å²) in [7, 11) is 1.24. The Labute approximate surface area is 239 Å². The highest BCUT2D eigenvalue weighted by atomic mass is 19.4. The van der Waals surface area contributed by atoms with Crippen molar-refractivity contribution >= 4 is 11.8 Å². The SMILES string of the molecule is Cc1cc(F)ccc1[C@@H]1CN(C(=O)c2cc(=O)[nH]c(=O)[nH]2)CC[C@H]1C(=O)N(C)Cc1cc(C(F)(F)F)cc(C(F)(F)F)c1. The molecule has 2 amide bonds. The molecular formula is C28H25F7N4O4. The third kappa shape index (κ3) is 7.14. The Morgan fingerprint density at radius 2 is 1.58 bits per heavy atom. The molecule has 2 N–H and O–H groups in total. The van der Waals surface area contributed by atoms with Crippen molar-refractivity contribution in [2.45, 2.75) is 38.2 Å². The average molecular weight is 615 g/mol. The summed E-state index contributed by atoms with van der Waals surface area (Å²) >= 11 is 0. The molecule has 2 atom stereocenters. The summed E-state index contributed by atoms with van der Waals surface area (Å²) in [6.07, 6.45) is -10.1. The lowest BCUT2D eigenvalue weighted by atomic mass is 9.78. The van der Waals surface area contributed by atoms with Gasteiger partial charge in [0.1, 0.15) is 11.5 Å². The van der Waals surface area contributed by atoms with Crippen LogP contribution in [0.25, 0.3) is 0 Å². The zero-order valence-electron chi connectivity index (χ0n) is 22.7. The molecule has 0 bridgehead atoms. The van der Waals surface area contributed by atoms with Gasteiger partial charge in [-0.2, -0.15) is 26.3 Å². The van der Waals surface area contributed by atoms with E-state index < -0.39 is 76.3 Å². The number of piperidine rings is 1. The summed E-state index contributed by atoms with van der Waals surface area (Å²) in [6.45, 7) is 0.858. The monoisotopic (exact) mass is 614 g/mol. The first-order valence-corrected chi connectivity index (χ1v) is 12.9. The second kappa shape index (κ2) is 11.7. The van der Waals surface area contributed by atoms with Gasteiger partial charge in [-0.3, -0.25) is 19.4 Å². The number of nitrogens with one attached hydrogen (secondary N) is 2. The van der Waals surface area contributed by atoms with Crippen LogP contribution in [-0.4, -0.2) is 51.7 Å². The van der Waals surface area contributed by atoms with Gasteiger partial charge in [-0.25, -0.2) is 9.18 Å². The van der Waals surface area contributed by atoms with E-state index in [9.17, 15) is 49.9 Å². The molecule has 0 saturated carbocycles. The van der Waals surface area contributed by atoms with Crippen LogP contribution in [0.5, 0.6) is 0 Å². The van der Waals surface area contributed by atoms with Gasteiger partial charge in [-0.1, -0.05) is 6.07 Å². The number of halogens is 7.